The van der Waals surface area contributed by atoms with E-state index in [0.29, 0.717) is 71.4 Å². The summed E-state index contributed by atoms with van der Waals surface area (Å²) in [5, 5.41) is 41.6. The van der Waals surface area contributed by atoms with Crippen molar-refractivity contribution >= 4 is 120 Å². The zero-order valence-corrected chi connectivity index (χ0v) is 59.1. The number of aliphatic imine (C=N–C) groups is 1. The van der Waals surface area contributed by atoms with E-state index < -0.39 is 134 Å². The number of benzene rings is 2. The first-order valence-corrected chi connectivity index (χ1v) is 35.1. The van der Waals surface area contributed by atoms with Crippen LogP contribution in [-0.2, 0) is 97.2 Å². The van der Waals surface area contributed by atoms with Gasteiger partial charge in [-0.15, -0.1) is 11.8 Å². The molecule has 16 N–H and O–H groups in total. The van der Waals surface area contributed by atoms with Crippen LogP contribution < -0.4 is 70.0 Å². The number of rotatable bonds is 41. The van der Waals surface area contributed by atoms with E-state index in [1.807, 2.05) is 30.3 Å². The molecule has 38 heteroatoms. The second-order valence-electron chi connectivity index (χ2n) is 22.2. The number of nitrogens with one attached hydrogen (secondary N) is 11. The van der Waals surface area contributed by atoms with Crippen molar-refractivity contribution in [3.05, 3.63) is 71.8 Å². The average molecular weight is 1480 g/mol. The van der Waals surface area contributed by atoms with Crippen molar-refractivity contribution in [2.45, 2.75) is 94.2 Å². The molecule has 562 valence electrons. The van der Waals surface area contributed by atoms with E-state index in [2.05, 4.69) is 93.9 Å². The van der Waals surface area contributed by atoms with Crippen molar-refractivity contribution in [1.82, 2.24) is 58.5 Å². The first kappa shape index (κ1) is 86.8. The van der Waals surface area contributed by atoms with Crippen LogP contribution in [0.2, 0.25) is 0 Å². The quantitative estimate of drug-likeness (QED) is 0.00982. The summed E-state index contributed by atoms with van der Waals surface area (Å²) in [7, 11) is 0. The van der Waals surface area contributed by atoms with Crippen molar-refractivity contribution in [3.8, 4) is 0 Å². The van der Waals surface area contributed by atoms with Crippen molar-refractivity contribution in [2.24, 2.45) is 21.6 Å². The minimum atomic E-state index is -1.78. The van der Waals surface area contributed by atoms with Gasteiger partial charge < -0.3 is 108 Å². The fourth-order valence-electron chi connectivity index (χ4n) is 8.78. The van der Waals surface area contributed by atoms with Gasteiger partial charge in [-0.2, -0.15) is 25.3 Å². The summed E-state index contributed by atoms with van der Waals surface area (Å²) in [5.41, 5.74) is 12.4. The molecule has 0 aliphatic carbocycles. The predicted molar refractivity (Wildman–Crippen MR) is 377 cm³/mol. The van der Waals surface area contributed by atoms with Crippen LogP contribution >= 0.6 is 37.0 Å². The van der Waals surface area contributed by atoms with Gasteiger partial charge in [-0.1, -0.05) is 65.8 Å². The number of hydrogen-bond acceptors (Lipinski definition) is 24. The zero-order chi connectivity index (χ0) is 73.8. The van der Waals surface area contributed by atoms with Crippen molar-refractivity contribution in [1.29, 1.82) is 0 Å². The van der Waals surface area contributed by atoms with Crippen LogP contribution in [0.15, 0.2) is 70.8 Å². The number of carboxylic acid groups (broad SMARTS) is 1. The van der Waals surface area contributed by atoms with Gasteiger partial charge in [0.1, 0.15) is 49.5 Å². The molecule has 0 bridgehead atoms. The number of nitrogens with zero attached hydrogens (tertiary/aromatic N) is 2. The number of aliphatic carboxylic acids is 1. The number of carbonyl (C=O) groups is 12. The lowest BCUT2D eigenvalue weighted by Gasteiger charge is -2.25. The third-order valence-electron chi connectivity index (χ3n) is 13.8. The highest BCUT2D eigenvalue weighted by Crippen LogP contribution is 2.11. The van der Waals surface area contributed by atoms with E-state index in [1.165, 1.54) is 6.21 Å². The van der Waals surface area contributed by atoms with Gasteiger partial charge in [-0.05, 0) is 50.2 Å². The first-order chi connectivity index (χ1) is 48.7. The summed E-state index contributed by atoms with van der Waals surface area (Å²) in [6.07, 6.45) is 1.08. The van der Waals surface area contributed by atoms with Gasteiger partial charge in [0.2, 0.25) is 59.1 Å². The molecule has 0 saturated carbocycles. The Morgan fingerprint density at radius 1 is 0.545 bits per heavy atom. The lowest BCUT2D eigenvalue weighted by Crippen LogP contribution is -2.59. The number of thioether (sulfide) groups is 1. The van der Waals surface area contributed by atoms with Crippen LogP contribution in [0.1, 0.15) is 56.6 Å². The third kappa shape index (κ3) is 41.8. The molecule has 0 unspecified atom stereocenters. The topological polar surface area (TPSA) is 499 Å². The Labute approximate surface area is 601 Å². The summed E-state index contributed by atoms with van der Waals surface area (Å²) < 4.78 is 32.6. The number of carboxylic acids is 1. The Morgan fingerprint density at radius 3 is 1.56 bits per heavy atom. The molecule has 1 aliphatic heterocycles. The molecule has 1 saturated heterocycles. The molecule has 3 rings (SSSR count). The Hall–Kier alpha value is -8.37. The molecule has 11 amide bonds. The molecule has 0 spiro atoms. The minimum absolute atomic E-state index is 0.00294. The second-order valence-corrected chi connectivity index (χ2v) is 24.0. The van der Waals surface area contributed by atoms with Gasteiger partial charge in [-0.3, -0.25) is 62.5 Å². The number of nitrogens with two attached hydrogens (primary N) is 2. The molecule has 101 heavy (non-hydrogen) atoms. The number of oxime groups is 1. The number of thiol groups is 2. The number of unbranched alkanes of at least 4 members (excludes halogenated alkanes) is 1. The van der Waals surface area contributed by atoms with E-state index in [9.17, 15) is 62.6 Å². The van der Waals surface area contributed by atoms with Crippen LogP contribution in [0.25, 0.3) is 0 Å². The highest BCUT2D eigenvalue weighted by molar-refractivity contribution is 8.00. The lowest BCUT2D eigenvalue weighted by atomic mass is 10.0. The molecule has 7 atom stereocenters. The zero-order valence-electron chi connectivity index (χ0n) is 56.5. The molecular formula is C63H97N15O20S3. The van der Waals surface area contributed by atoms with Gasteiger partial charge in [0.25, 0.3) is 5.91 Å². The van der Waals surface area contributed by atoms with Crippen LogP contribution in [0, 0.1) is 0 Å². The molecule has 2 aromatic carbocycles. The maximum atomic E-state index is 14.0. The number of guanidine groups is 1. The average Bonchev–Trinajstić information content (AvgIpc) is 1.03. The van der Waals surface area contributed by atoms with Crippen LogP contribution in [0.3, 0.4) is 0 Å². The number of amides is 11. The second kappa shape index (κ2) is 53.5. The van der Waals surface area contributed by atoms with E-state index in [0.717, 1.165) is 17.3 Å². The summed E-state index contributed by atoms with van der Waals surface area (Å²) in [5.74, 6) is -10.7. The molecule has 0 radical (unpaired) electrons. The fourth-order valence-corrected chi connectivity index (χ4v) is 10.1. The summed E-state index contributed by atoms with van der Waals surface area (Å²) in [6, 6.07) is 8.87. The molecule has 1 aliphatic rings. The predicted octanol–water partition coefficient (Wildman–Crippen LogP) is -4.44. The first-order valence-electron chi connectivity index (χ1n) is 32.6. The third-order valence-corrected chi connectivity index (χ3v) is 15.8. The van der Waals surface area contributed by atoms with E-state index >= 15 is 0 Å². The smallest absolute Gasteiger partial charge is 0.305 e. The maximum Gasteiger partial charge on any atom is 0.305 e. The molecule has 35 nitrogen and oxygen atoms in total. The number of carbonyl (C=O) groups excluding carboxylic acids is 11. The Bertz CT molecular complexity index is 2930. The summed E-state index contributed by atoms with van der Waals surface area (Å²) in [4.78, 5) is 167. The number of hydrogen-bond donors (Lipinski definition) is 16. The Morgan fingerprint density at radius 2 is 1.01 bits per heavy atom. The van der Waals surface area contributed by atoms with E-state index in [-0.39, 0.29) is 106 Å². The van der Waals surface area contributed by atoms with Gasteiger partial charge in [-0.25, -0.2) is 0 Å². The van der Waals surface area contributed by atoms with Crippen LogP contribution in [0.4, 0.5) is 0 Å². The SMILES string of the molecule is C[C@@H]1CSCC(=O)N[C@@H](CCCCNC(=O)COCC(=O)NCCOCCOCCOCCOCCOCCNC(=O)CO/N=C/c2ccccc2)C(=O)N[C@@H](CS)C(=O)N[C@@H](CCCN=C(N)N)C(=O)NCC(=O)N[C@@H](CC(=O)O)C(=O)N[C@@H](CS)C(=O)N[C@@H](Cc2ccccc2)C(=O)N1. The van der Waals surface area contributed by atoms with Gasteiger partial charge in [0.15, 0.2) is 12.6 Å². The molecule has 2 aromatic rings. The van der Waals surface area contributed by atoms with E-state index in [4.69, 9.17) is 44.7 Å². The number of ether oxygens (including phenoxy) is 6. The minimum Gasteiger partial charge on any atom is -0.481 e. The van der Waals surface area contributed by atoms with Gasteiger partial charge >= 0.3 is 5.97 Å². The highest BCUT2D eigenvalue weighted by Gasteiger charge is 2.33. The summed E-state index contributed by atoms with van der Waals surface area (Å²) in [6.45, 7) is 3.52. The Balaban J connectivity index is 1.46. The van der Waals surface area contributed by atoms with Crippen molar-refractivity contribution in [3.63, 3.8) is 0 Å². The van der Waals surface area contributed by atoms with Crippen molar-refractivity contribution < 1.29 is 95.9 Å². The monoisotopic (exact) mass is 1480 g/mol. The molecule has 1 fully saturated rings. The van der Waals surface area contributed by atoms with Gasteiger partial charge in [0.05, 0.1) is 91.0 Å². The van der Waals surface area contributed by atoms with Crippen molar-refractivity contribution in [2.75, 3.05) is 142 Å². The summed E-state index contributed by atoms with van der Waals surface area (Å²) >= 11 is 9.59. The van der Waals surface area contributed by atoms with Crippen LogP contribution in [-0.4, -0.2) is 272 Å². The van der Waals surface area contributed by atoms with Gasteiger partial charge in [0, 0.05) is 55.9 Å². The molecule has 0 aromatic heterocycles. The standard InChI is InChI=1S/C63H97N15O20S3/c1-42-40-101-41-55(83)73-46(15-8-9-17-66-52(80)35-97-36-53(81)67-19-21-92-23-25-94-27-29-96-30-28-95-26-24-93-22-20-68-54(82)37-98-71-33-44-13-6-3-7-14-44)58(87)77-49(38-99)61(90)75-45(16-10-18-69-63(64)65)57(86)70-34-51(79)74-48(32-56(84)85)60(89)78-50(39-100)62(91)76-47(59(88)72-42)31-43-11-4-2-5-12-43/h2-7,11-14,33,42,45-50,99-100H,8-10,15-32,34-41H2,1H3,(H,66,80)(H,67,81)(H,68,82)(H,70,86)(H,72,88)(H,73,83)(H,74,79)(H,75,90)(H,76,91)(H,77,87)(H,78,89)(H,84,85)(H4,64,65,69)/b71-33+/t42-,45+,46+,47+,48+,49+,50+/m1/s1. The molecule has 1 heterocycles. The molecular weight excluding hydrogens is 1380 g/mol. The fraction of sp³-hybridized carbons (Fsp3) is 0.587. The Kier molecular flexibility index (Phi) is 46.0. The largest absolute Gasteiger partial charge is 0.481 e. The normalized spacial score (nSPS) is 19.5. The lowest BCUT2D eigenvalue weighted by molar-refractivity contribution is -0.141. The highest BCUT2D eigenvalue weighted by atomic mass is 32.2. The maximum absolute atomic E-state index is 14.0. The van der Waals surface area contributed by atoms with Crippen LogP contribution in [0.5, 0.6) is 0 Å². The van der Waals surface area contributed by atoms with E-state index in [1.54, 1.807) is 37.3 Å².